The number of hydrogen-bond acceptors (Lipinski definition) is 7. The van der Waals surface area contributed by atoms with Crippen molar-refractivity contribution in [2.24, 2.45) is 0 Å². The number of hydrogen-bond donors (Lipinski definition) is 0. The number of methoxy groups -OCH3 is 1. The topological polar surface area (TPSA) is 97.8 Å². The Balaban J connectivity index is 2.41. The minimum Gasteiger partial charge on any atom is -0.465 e. The lowest BCUT2D eigenvalue weighted by molar-refractivity contribution is 0.0601. The molecule has 0 unspecified atom stereocenters. The summed E-state index contributed by atoms with van der Waals surface area (Å²) in [6.45, 7) is 3.51. The second kappa shape index (κ2) is 8.81. The van der Waals surface area contributed by atoms with Gasteiger partial charge in [-0.3, -0.25) is 0 Å². The molecule has 0 aliphatic rings. The van der Waals surface area contributed by atoms with E-state index in [1.807, 2.05) is 0 Å². The molecule has 10 heteroatoms. The van der Waals surface area contributed by atoms with Crippen LogP contribution in [0, 0.1) is 6.92 Å². The van der Waals surface area contributed by atoms with Crippen LogP contribution >= 0.6 is 11.3 Å². The summed E-state index contributed by atoms with van der Waals surface area (Å²) >= 11 is 0.927. The highest BCUT2D eigenvalue weighted by Crippen LogP contribution is 2.42. The highest BCUT2D eigenvalue weighted by Gasteiger charge is 2.41. The number of anilines is 1. The van der Waals surface area contributed by atoms with Gasteiger partial charge in [0.05, 0.1) is 22.5 Å². The van der Waals surface area contributed by atoms with Crippen LogP contribution < -0.4 is 3.71 Å². The van der Waals surface area contributed by atoms with Crippen LogP contribution in [-0.4, -0.2) is 29.9 Å². The normalized spacial score (nSPS) is 11.8. The summed E-state index contributed by atoms with van der Waals surface area (Å²) in [6.07, 6.45) is 0.400. The quantitative estimate of drug-likeness (QED) is 0.475. The third-order valence-electron chi connectivity index (χ3n) is 4.62. The van der Waals surface area contributed by atoms with Crippen LogP contribution in [0.3, 0.4) is 0 Å². The van der Waals surface area contributed by atoms with Gasteiger partial charge in [0.2, 0.25) is 0 Å². The number of sulfonamides is 2. The van der Waals surface area contributed by atoms with E-state index in [4.69, 9.17) is 4.74 Å². The van der Waals surface area contributed by atoms with Crippen molar-refractivity contribution in [2.75, 3.05) is 10.8 Å². The number of esters is 1. The van der Waals surface area contributed by atoms with Crippen molar-refractivity contribution in [3.8, 4) is 0 Å². The number of nitrogens with zero attached hydrogens (tertiary/aromatic N) is 1. The Morgan fingerprint density at radius 1 is 0.903 bits per heavy atom. The molecule has 1 aromatic heterocycles. The lowest BCUT2D eigenvalue weighted by Gasteiger charge is -2.23. The van der Waals surface area contributed by atoms with Gasteiger partial charge in [-0.25, -0.2) is 4.79 Å². The average molecular weight is 480 g/mol. The van der Waals surface area contributed by atoms with Crippen LogP contribution in [0.4, 0.5) is 5.00 Å². The second-order valence-corrected chi connectivity index (χ2v) is 11.5. The minimum absolute atomic E-state index is 0.0634. The first kappa shape index (κ1) is 23.0. The average Bonchev–Trinajstić information content (AvgIpc) is 3.09. The van der Waals surface area contributed by atoms with Gasteiger partial charge < -0.3 is 4.74 Å². The van der Waals surface area contributed by atoms with Crippen molar-refractivity contribution in [3.63, 3.8) is 0 Å². The first-order chi connectivity index (χ1) is 14.7. The van der Waals surface area contributed by atoms with Crippen molar-refractivity contribution in [1.82, 2.24) is 0 Å². The summed E-state index contributed by atoms with van der Waals surface area (Å²) in [7, 11) is -8.01. The Kier molecular flexibility index (Phi) is 6.54. The van der Waals surface area contributed by atoms with E-state index in [0.717, 1.165) is 11.3 Å². The number of thiophene rings is 1. The summed E-state index contributed by atoms with van der Waals surface area (Å²) in [4.78, 5) is 12.8. The zero-order valence-corrected chi connectivity index (χ0v) is 19.6. The number of benzene rings is 2. The first-order valence-electron chi connectivity index (χ1n) is 9.27. The molecule has 3 aromatic rings. The molecule has 0 fully saturated rings. The second-order valence-electron chi connectivity index (χ2n) is 6.50. The van der Waals surface area contributed by atoms with E-state index < -0.39 is 26.0 Å². The standard InChI is InChI=1S/C21H21NO6S3/c1-4-18-15(2)29-20(19(18)21(23)28-3)22(30(24,25)16-11-7-5-8-12-16)31(26,27)17-13-9-6-10-14-17/h5-14H,4H2,1-3H3. The summed E-state index contributed by atoms with van der Waals surface area (Å²) in [5, 5.41) is -0.214. The van der Waals surface area contributed by atoms with Gasteiger partial charge in [-0.05, 0) is 43.2 Å². The molecule has 0 amide bonds. The zero-order chi connectivity index (χ0) is 22.8. The highest BCUT2D eigenvalue weighted by molar-refractivity contribution is 8.10. The lowest BCUT2D eigenvalue weighted by atomic mass is 10.1. The third-order valence-corrected chi connectivity index (χ3v) is 10.1. The molecule has 31 heavy (non-hydrogen) atoms. The van der Waals surface area contributed by atoms with E-state index in [1.54, 1.807) is 26.0 Å². The molecule has 0 aliphatic carbocycles. The molecular weight excluding hydrogens is 458 g/mol. The van der Waals surface area contributed by atoms with Gasteiger partial charge in [-0.15, -0.1) is 15.0 Å². The summed E-state index contributed by atoms with van der Waals surface area (Å²) in [5.74, 6) is -0.798. The van der Waals surface area contributed by atoms with Gasteiger partial charge in [0.25, 0.3) is 20.0 Å². The first-order valence-corrected chi connectivity index (χ1v) is 13.0. The molecule has 2 aromatic carbocycles. The van der Waals surface area contributed by atoms with Crippen LogP contribution in [0.25, 0.3) is 0 Å². The van der Waals surface area contributed by atoms with Crippen LogP contribution in [0.2, 0.25) is 0 Å². The largest absolute Gasteiger partial charge is 0.465 e. The number of carbonyl (C=O) groups excluding carboxylic acids is 1. The molecule has 0 radical (unpaired) electrons. The van der Waals surface area contributed by atoms with E-state index in [9.17, 15) is 21.6 Å². The Hall–Kier alpha value is -2.69. The zero-order valence-electron chi connectivity index (χ0n) is 17.1. The fraction of sp³-hybridized carbons (Fsp3) is 0.190. The van der Waals surface area contributed by atoms with Crippen molar-refractivity contribution < 1.29 is 26.4 Å². The van der Waals surface area contributed by atoms with Crippen molar-refractivity contribution >= 4 is 42.4 Å². The highest BCUT2D eigenvalue weighted by atomic mass is 32.3. The summed E-state index contributed by atoms with van der Waals surface area (Å²) in [6, 6.07) is 14.5. The van der Waals surface area contributed by atoms with Gasteiger partial charge in [0.15, 0.2) is 0 Å². The van der Waals surface area contributed by atoms with E-state index in [2.05, 4.69) is 0 Å². The van der Waals surface area contributed by atoms with Gasteiger partial charge in [0, 0.05) is 4.88 Å². The molecular formula is C21H21NO6S3. The predicted octanol–water partition coefficient (Wildman–Crippen LogP) is 3.99. The Bertz CT molecular complexity index is 1230. The number of ether oxygens (including phenoxy) is 1. The smallest absolute Gasteiger partial charge is 0.341 e. The van der Waals surface area contributed by atoms with Gasteiger partial charge >= 0.3 is 5.97 Å². The molecule has 0 saturated heterocycles. The van der Waals surface area contributed by atoms with Crippen LogP contribution in [0.1, 0.15) is 27.7 Å². The van der Waals surface area contributed by atoms with Gasteiger partial charge in [0.1, 0.15) is 5.00 Å². The van der Waals surface area contributed by atoms with Crippen molar-refractivity contribution in [3.05, 3.63) is 76.7 Å². The molecule has 164 valence electrons. The molecule has 0 saturated carbocycles. The molecule has 0 aliphatic heterocycles. The molecule has 0 atom stereocenters. The molecule has 0 bridgehead atoms. The predicted molar refractivity (Wildman–Crippen MR) is 120 cm³/mol. The third kappa shape index (κ3) is 4.10. The van der Waals surface area contributed by atoms with E-state index in [1.165, 1.54) is 55.6 Å². The van der Waals surface area contributed by atoms with Crippen LogP contribution in [-0.2, 0) is 31.2 Å². The number of aryl methyl sites for hydroxylation is 1. The maximum Gasteiger partial charge on any atom is 0.341 e. The molecule has 1 heterocycles. The van der Waals surface area contributed by atoms with Crippen molar-refractivity contribution in [1.29, 1.82) is 0 Å². The molecule has 3 rings (SSSR count). The van der Waals surface area contributed by atoms with Gasteiger partial charge in [-0.1, -0.05) is 43.3 Å². The molecule has 7 nitrogen and oxygen atoms in total. The Morgan fingerprint density at radius 3 is 1.74 bits per heavy atom. The van der Waals surface area contributed by atoms with Gasteiger partial charge in [-0.2, -0.15) is 16.8 Å². The van der Waals surface area contributed by atoms with Crippen molar-refractivity contribution in [2.45, 2.75) is 30.1 Å². The van der Waals surface area contributed by atoms with E-state index in [-0.39, 0.29) is 20.4 Å². The summed E-state index contributed by atoms with van der Waals surface area (Å²) in [5.41, 5.74) is 0.481. The fourth-order valence-corrected chi connectivity index (χ4v) is 8.56. The van der Waals surface area contributed by atoms with E-state index >= 15 is 0 Å². The minimum atomic E-state index is -4.59. The maximum absolute atomic E-state index is 13.6. The monoisotopic (exact) mass is 479 g/mol. The number of carbonyl (C=O) groups is 1. The molecule has 0 N–H and O–H groups in total. The SMILES string of the molecule is CCc1c(C)sc(N(S(=O)(=O)c2ccccc2)S(=O)(=O)c2ccccc2)c1C(=O)OC. The Morgan fingerprint density at radius 2 is 1.35 bits per heavy atom. The lowest BCUT2D eigenvalue weighted by Crippen LogP contribution is -2.37. The summed E-state index contributed by atoms with van der Waals surface area (Å²) < 4.78 is 59.7. The van der Waals surface area contributed by atoms with E-state index in [0.29, 0.717) is 20.6 Å². The van der Waals surface area contributed by atoms with Crippen LogP contribution in [0.15, 0.2) is 70.5 Å². The van der Waals surface area contributed by atoms with Crippen LogP contribution in [0.5, 0.6) is 0 Å². The fourth-order valence-electron chi connectivity index (χ4n) is 3.15. The Labute approximate surface area is 186 Å². The molecule has 0 spiro atoms. The number of rotatable bonds is 7. The maximum atomic E-state index is 13.6.